The molecule has 5 heterocycles. The molecule has 7 rings (SSSR count). The van der Waals surface area contributed by atoms with Gasteiger partial charge in [0.25, 0.3) is 11.8 Å². The number of carbonyl (C=O) groups excluding carboxylic acids is 2. The Labute approximate surface area is 496 Å². The van der Waals surface area contributed by atoms with Crippen molar-refractivity contribution in [3.05, 3.63) is 93.3 Å². The number of benzene rings is 2. The fourth-order valence-electron chi connectivity index (χ4n) is 13.0. The second kappa shape index (κ2) is 32.1. The van der Waals surface area contributed by atoms with Crippen molar-refractivity contribution in [1.82, 2.24) is 0 Å². The van der Waals surface area contributed by atoms with Crippen molar-refractivity contribution in [3.63, 3.8) is 0 Å². The zero-order valence-electron chi connectivity index (χ0n) is 52.9. The van der Waals surface area contributed by atoms with E-state index in [0.29, 0.717) is 47.6 Å². The zero-order chi connectivity index (χ0) is 57.8. The van der Waals surface area contributed by atoms with Crippen molar-refractivity contribution in [1.29, 1.82) is 0 Å². The molecule has 0 fully saturated rings. The number of nitrogens with zero attached hydrogens (tertiary/aromatic N) is 2. The van der Waals surface area contributed by atoms with Crippen LogP contribution < -0.4 is 20.2 Å². The van der Waals surface area contributed by atoms with Crippen LogP contribution in [0.15, 0.2) is 69.5 Å². The summed E-state index contributed by atoms with van der Waals surface area (Å²) in [6.45, 7) is 23.8. The molecule has 0 bridgehead atoms. The third-order valence-corrected chi connectivity index (χ3v) is 19.4. The molecule has 0 radical (unpaired) electrons. The Morgan fingerprint density at radius 3 is 1.11 bits per heavy atom. The quantitative estimate of drug-likeness (QED) is 0.0368. The predicted octanol–water partition coefficient (Wildman–Crippen LogP) is 21.2. The van der Waals surface area contributed by atoms with Crippen LogP contribution in [-0.2, 0) is 20.4 Å². The van der Waals surface area contributed by atoms with Gasteiger partial charge in [0.1, 0.15) is 23.0 Å². The second-order valence-corrected chi connectivity index (χ2v) is 28.0. The Hall–Kier alpha value is -4.36. The summed E-state index contributed by atoms with van der Waals surface area (Å²) in [6.07, 6.45) is 40.4. The van der Waals surface area contributed by atoms with E-state index >= 15 is 9.59 Å². The summed E-state index contributed by atoms with van der Waals surface area (Å²) in [5, 5.41) is 3.93. The van der Waals surface area contributed by atoms with Crippen molar-refractivity contribution in [3.8, 4) is 10.6 Å². The maximum absolute atomic E-state index is 15.7. The Morgan fingerprint density at radius 1 is 0.395 bits per heavy atom. The summed E-state index contributed by atoms with van der Waals surface area (Å²) in [4.78, 5) is 38.0. The first-order valence-electron chi connectivity index (χ1n) is 33.5. The molecule has 0 N–H and O–H groups in total. The Bertz CT molecular complexity index is 2840. The van der Waals surface area contributed by atoms with E-state index in [9.17, 15) is 0 Å². The van der Waals surface area contributed by atoms with Gasteiger partial charge in [-0.2, -0.15) is 0 Å². The molecule has 2 atom stereocenters. The first kappa shape index (κ1) is 64.2. The normalized spacial score (nSPS) is 14.6. The summed E-state index contributed by atoms with van der Waals surface area (Å²) in [6, 6.07) is 21.4. The molecular weight excluding hydrogens is 1010 g/mol. The molecule has 2 aromatic carbocycles. The van der Waals surface area contributed by atoms with E-state index in [1.165, 1.54) is 185 Å². The molecule has 7 heteroatoms. The number of unbranched alkanes of at least 4 members (excludes halogenated alkanes) is 24. The monoisotopic (exact) mass is 1120 g/mol. The van der Waals surface area contributed by atoms with Crippen LogP contribution in [0.5, 0.6) is 0 Å². The van der Waals surface area contributed by atoms with Crippen LogP contribution in [0.1, 0.15) is 297 Å². The van der Waals surface area contributed by atoms with Gasteiger partial charge < -0.3 is 18.6 Å². The topological polar surface area (TPSA) is 66.9 Å². The molecule has 2 aliphatic rings. The number of anilines is 2. The lowest BCUT2D eigenvalue weighted by Gasteiger charge is -2.28. The highest BCUT2D eigenvalue weighted by molar-refractivity contribution is 7.15. The molecule has 0 saturated heterocycles. The maximum atomic E-state index is 15.7. The Balaban J connectivity index is 1.32. The van der Waals surface area contributed by atoms with Crippen molar-refractivity contribution < 1.29 is 18.4 Å². The van der Waals surface area contributed by atoms with Crippen LogP contribution in [-0.4, -0.2) is 24.9 Å². The average molecular weight is 1120 g/mol. The van der Waals surface area contributed by atoms with E-state index in [-0.39, 0.29) is 22.6 Å². The number of carbonyl (C=O) groups is 2. The van der Waals surface area contributed by atoms with Gasteiger partial charge in [-0.25, -0.2) is 0 Å². The number of hydrogen-bond acceptors (Lipinski definition) is 5. The van der Waals surface area contributed by atoms with Gasteiger partial charge in [0.2, 0.25) is 0 Å². The third-order valence-electron chi connectivity index (χ3n) is 17.9. The van der Waals surface area contributed by atoms with Gasteiger partial charge in [-0.15, -0.1) is 11.3 Å². The van der Waals surface area contributed by atoms with Crippen molar-refractivity contribution in [2.75, 3.05) is 22.9 Å². The van der Waals surface area contributed by atoms with Gasteiger partial charge in [-0.1, -0.05) is 273 Å². The molecule has 2 amide bonds. The first-order chi connectivity index (χ1) is 39.2. The number of hydrogen-bond donors (Lipinski definition) is 0. The third kappa shape index (κ3) is 17.6. The fourth-order valence-corrected chi connectivity index (χ4v) is 14.0. The van der Waals surface area contributed by atoms with Gasteiger partial charge in [0, 0.05) is 44.6 Å². The minimum absolute atomic E-state index is 0.0270. The number of thiophene rings is 1. The molecule has 446 valence electrons. The highest BCUT2D eigenvalue weighted by Gasteiger charge is 2.39. The Morgan fingerprint density at radius 2 is 0.753 bits per heavy atom. The molecule has 3 aromatic heterocycles. The van der Waals surface area contributed by atoms with Gasteiger partial charge >= 0.3 is 0 Å². The summed E-state index contributed by atoms with van der Waals surface area (Å²) >= 11 is 1.77. The lowest BCUT2D eigenvalue weighted by atomic mass is 9.92. The van der Waals surface area contributed by atoms with Crippen molar-refractivity contribution in [2.45, 2.75) is 286 Å². The molecule has 2 unspecified atom stereocenters. The van der Waals surface area contributed by atoms with Gasteiger partial charge in [-0.3, -0.25) is 9.59 Å². The standard InChI is InChI=1S/C74H110N2O4S/c1-11-15-19-23-27-29-33-37-41-55(39-35-31-25-21-17-13-3)53-75-69-57-44-46-60-68(63-49-51-65(80-63)73(5,6)7)72(78)76(54-56(40-36-32-26-22-18-14-4)42-38-34-30-28-24-20-16-12-2)70(60)58(57)43-45-59(69)67(71(75)77)62-48-47-61(79-62)64-50-52-66(81-64)74(8,9)10/h43-52,55-56H,11-42,53-54H2,1-10H3. The summed E-state index contributed by atoms with van der Waals surface area (Å²) in [5.74, 6) is 3.76. The zero-order valence-corrected chi connectivity index (χ0v) is 53.7. The van der Waals surface area contributed by atoms with Crippen molar-refractivity contribution in [2.24, 2.45) is 11.8 Å². The molecule has 2 aliphatic heterocycles. The number of furan rings is 2. The molecule has 0 spiro atoms. The Kier molecular flexibility index (Phi) is 25.4. The molecule has 0 aliphatic carbocycles. The van der Waals surface area contributed by atoms with Crippen LogP contribution in [0.3, 0.4) is 0 Å². The van der Waals surface area contributed by atoms with E-state index in [4.69, 9.17) is 8.83 Å². The molecule has 5 aromatic rings. The summed E-state index contributed by atoms with van der Waals surface area (Å²) < 4.78 is 13.5. The van der Waals surface area contributed by atoms with Gasteiger partial charge in [-0.05, 0) is 79.3 Å². The van der Waals surface area contributed by atoms with Crippen molar-refractivity contribution >= 4 is 56.4 Å². The van der Waals surface area contributed by atoms with E-state index in [2.05, 4.69) is 128 Å². The highest BCUT2D eigenvalue weighted by atomic mass is 32.1. The van der Waals surface area contributed by atoms with E-state index < -0.39 is 0 Å². The second-order valence-electron chi connectivity index (χ2n) is 27.0. The van der Waals surface area contributed by atoms with Crippen LogP contribution in [0, 0.1) is 11.8 Å². The predicted molar refractivity (Wildman–Crippen MR) is 348 cm³/mol. The number of fused-ring (bicyclic) bond motifs is 5. The maximum Gasteiger partial charge on any atom is 0.262 e. The van der Waals surface area contributed by atoms with Crippen LogP contribution in [0.2, 0.25) is 0 Å². The van der Waals surface area contributed by atoms with E-state index in [0.717, 1.165) is 74.7 Å². The first-order valence-corrected chi connectivity index (χ1v) is 34.3. The smallest absolute Gasteiger partial charge is 0.262 e. The average Bonchev–Trinajstić information content (AvgIpc) is 3.94. The van der Waals surface area contributed by atoms with E-state index in [1.807, 2.05) is 12.1 Å². The summed E-state index contributed by atoms with van der Waals surface area (Å²) in [5.41, 5.74) is 3.08. The molecule has 0 saturated carbocycles. The SMILES string of the molecule is CCCCCCCCCCC(CCCCCCCC)CN1C(=O)C(c2ccc(-c3ccc(C(C)(C)C)s3)o2)=c2ccc3c4c(ccc3c21)=C(c1ccc(C(C)(C)C)o1)C(=O)N4CC(CCCCCCCC)CCCCCCCCCC. The van der Waals surface area contributed by atoms with E-state index in [1.54, 1.807) is 11.3 Å². The lowest BCUT2D eigenvalue weighted by molar-refractivity contribution is -0.114. The summed E-state index contributed by atoms with van der Waals surface area (Å²) in [7, 11) is 0. The molecule has 6 nitrogen and oxygen atoms in total. The van der Waals surface area contributed by atoms with Crippen LogP contribution >= 0.6 is 11.3 Å². The largest absolute Gasteiger partial charge is 0.460 e. The van der Waals surface area contributed by atoms with Gasteiger partial charge in [0.15, 0.2) is 0 Å². The number of rotatable bonds is 39. The minimum Gasteiger partial charge on any atom is -0.460 e. The molecule has 81 heavy (non-hydrogen) atoms. The lowest BCUT2D eigenvalue weighted by Crippen LogP contribution is -2.34. The van der Waals surface area contributed by atoms with Crippen LogP contribution in [0.25, 0.3) is 32.6 Å². The number of amides is 2. The highest BCUT2D eigenvalue weighted by Crippen LogP contribution is 2.42. The van der Waals surface area contributed by atoms with Gasteiger partial charge in [0.05, 0.1) is 27.4 Å². The van der Waals surface area contributed by atoms with Crippen LogP contribution in [0.4, 0.5) is 11.4 Å². The minimum atomic E-state index is -0.204. The molecular formula is C74H110N2O4S. The fraction of sp³-hybridized carbons (Fsp3) is 0.649.